The van der Waals surface area contributed by atoms with Crippen LogP contribution < -0.4 is 0 Å². The summed E-state index contributed by atoms with van der Waals surface area (Å²) in [6, 6.07) is 13.5. The lowest BCUT2D eigenvalue weighted by Gasteiger charge is -2.00. The van der Waals surface area contributed by atoms with E-state index < -0.39 is 0 Å². The normalized spacial score (nSPS) is 11.2. The lowest BCUT2D eigenvalue weighted by atomic mass is 10.2. The van der Waals surface area contributed by atoms with E-state index in [0.29, 0.717) is 26.9 Å². The molecule has 0 amide bonds. The molecule has 120 valence electrons. The second-order valence-electron chi connectivity index (χ2n) is 5.16. The Morgan fingerprint density at radius 2 is 1.92 bits per heavy atom. The highest BCUT2D eigenvalue weighted by Gasteiger charge is 2.13. The molecule has 7 heteroatoms. The highest BCUT2D eigenvalue weighted by Crippen LogP contribution is 2.31. The predicted octanol–water partition coefficient (Wildman–Crippen LogP) is 5.82. The summed E-state index contributed by atoms with van der Waals surface area (Å²) in [7, 11) is 0. The smallest absolute Gasteiger partial charge is 0.277 e. The van der Waals surface area contributed by atoms with Gasteiger partial charge in [0.15, 0.2) is 0 Å². The molecule has 4 aromatic rings. The third-order valence-electron chi connectivity index (χ3n) is 3.57. The van der Waals surface area contributed by atoms with Crippen molar-refractivity contribution in [1.82, 2.24) is 15.2 Å². The molecule has 1 N–H and O–H groups in total. The molecule has 0 aliphatic heterocycles. The number of hydrogen-bond acceptors (Lipinski definition) is 4. The number of nitrogens with one attached hydrogen (secondary N) is 1. The Kier molecular flexibility index (Phi) is 4.22. The number of H-pyrrole nitrogens is 1. The Hall–Kier alpha value is -1.95. The lowest BCUT2D eigenvalue weighted by Crippen LogP contribution is -1.81. The van der Waals surface area contributed by atoms with Crippen LogP contribution in [0, 0.1) is 0 Å². The van der Waals surface area contributed by atoms with Crippen molar-refractivity contribution in [3.05, 3.63) is 64.3 Å². The number of hydrogen-bond donors (Lipinski definition) is 1. The van der Waals surface area contributed by atoms with E-state index in [1.807, 2.05) is 42.6 Å². The number of fused-ring (bicyclic) bond motifs is 1. The van der Waals surface area contributed by atoms with Gasteiger partial charge < -0.3 is 9.40 Å². The van der Waals surface area contributed by atoms with Gasteiger partial charge in [0.2, 0.25) is 0 Å². The van der Waals surface area contributed by atoms with E-state index in [-0.39, 0.29) is 0 Å². The van der Waals surface area contributed by atoms with Gasteiger partial charge >= 0.3 is 0 Å². The topological polar surface area (TPSA) is 54.7 Å². The molecule has 0 bridgehead atoms. The van der Waals surface area contributed by atoms with Crippen LogP contribution in [-0.4, -0.2) is 15.2 Å². The maximum Gasteiger partial charge on any atom is 0.277 e. The van der Waals surface area contributed by atoms with Crippen LogP contribution in [0.4, 0.5) is 0 Å². The van der Waals surface area contributed by atoms with Crippen LogP contribution in [0.1, 0.15) is 5.56 Å². The molecule has 0 saturated carbocycles. The van der Waals surface area contributed by atoms with E-state index in [0.717, 1.165) is 22.0 Å². The van der Waals surface area contributed by atoms with Crippen LogP contribution in [0.5, 0.6) is 0 Å². The van der Waals surface area contributed by atoms with Gasteiger partial charge in [-0.3, -0.25) is 0 Å². The van der Waals surface area contributed by atoms with Crippen LogP contribution in [0.15, 0.2) is 58.3 Å². The minimum atomic E-state index is 0.504. The maximum atomic E-state index is 6.03. The van der Waals surface area contributed by atoms with E-state index in [1.54, 1.807) is 6.07 Å². The zero-order valence-electron chi connectivity index (χ0n) is 12.3. The summed E-state index contributed by atoms with van der Waals surface area (Å²) in [5.41, 5.74) is 2.98. The Bertz CT molecular complexity index is 1010. The second kappa shape index (κ2) is 6.51. The fraction of sp³-hybridized carbons (Fsp3) is 0.0588. The summed E-state index contributed by atoms with van der Waals surface area (Å²) < 4.78 is 5.77. The largest absolute Gasteiger partial charge is 0.411 e. The molecule has 0 radical (unpaired) electrons. The molecule has 0 atom stereocenters. The molecule has 0 unspecified atom stereocenters. The summed E-state index contributed by atoms with van der Waals surface area (Å²) in [6.07, 6.45) is 1.88. The second-order valence-corrected chi connectivity index (χ2v) is 6.90. The number of aromatic nitrogens is 3. The van der Waals surface area contributed by atoms with Gasteiger partial charge in [0, 0.05) is 22.9 Å². The molecule has 0 fully saturated rings. The van der Waals surface area contributed by atoms with Crippen molar-refractivity contribution in [3.8, 4) is 11.5 Å². The highest BCUT2D eigenvalue weighted by molar-refractivity contribution is 7.98. The molecule has 2 aromatic heterocycles. The Morgan fingerprint density at radius 1 is 1.04 bits per heavy atom. The molecule has 0 aliphatic rings. The van der Waals surface area contributed by atoms with Crippen molar-refractivity contribution in [3.63, 3.8) is 0 Å². The number of benzene rings is 2. The van der Waals surface area contributed by atoms with Crippen LogP contribution in [0.2, 0.25) is 10.0 Å². The Balaban J connectivity index is 1.53. The molecule has 0 spiro atoms. The van der Waals surface area contributed by atoms with Gasteiger partial charge in [0.25, 0.3) is 11.1 Å². The van der Waals surface area contributed by atoms with Gasteiger partial charge in [-0.05, 0) is 23.8 Å². The molecule has 0 aliphatic carbocycles. The fourth-order valence-electron chi connectivity index (χ4n) is 2.40. The zero-order chi connectivity index (χ0) is 16.5. The number of para-hydroxylation sites is 1. The third kappa shape index (κ3) is 3.02. The summed E-state index contributed by atoms with van der Waals surface area (Å²) in [5.74, 6) is 1.18. The van der Waals surface area contributed by atoms with E-state index in [1.165, 1.54) is 11.8 Å². The quantitative estimate of drug-likeness (QED) is 0.456. The van der Waals surface area contributed by atoms with Crippen molar-refractivity contribution in [2.24, 2.45) is 0 Å². The van der Waals surface area contributed by atoms with Crippen LogP contribution in [0.25, 0.3) is 22.4 Å². The number of thioether (sulfide) groups is 1. The van der Waals surface area contributed by atoms with Crippen LogP contribution >= 0.6 is 35.0 Å². The van der Waals surface area contributed by atoms with Crippen molar-refractivity contribution in [2.75, 3.05) is 0 Å². The minimum Gasteiger partial charge on any atom is -0.411 e. The predicted molar refractivity (Wildman–Crippen MR) is 97.6 cm³/mol. The first-order valence-corrected chi connectivity index (χ1v) is 8.91. The van der Waals surface area contributed by atoms with Gasteiger partial charge in [-0.15, -0.1) is 10.2 Å². The van der Waals surface area contributed by atoms with Gasteiger partial charge in [0.05, 0.1) is 15.6 Å². The molecule has 4 rings (SSSR count). The molecule has 2 aromatic carbocycles. The number of nitrogens with zero attached hydrogens (tertiary/aromatic N) is 2. The number of rotatable bonds is 4. The highest BCUT2D eigenvalue weighted by atomic mass is 35.5. The molecule has 24 heavy (non-hydrogen) atoms. The van der Waals surface area contributed by atoms with Crippen molar-refractivity contribution in [2.45, 2.75) is 11.0 Å². The summed E-state index contributed by atoms with van der Waals surface area (Å²) in [6.45, 7) is 0. The SMILES string of the molecule is Clc1ccc(CSc2nnc(-c3c[nH]c4ccccc34)o2)cc1Cl. The molecule has 4 nitrogen and oxygen atoms in total. The van der Waals surface area contributed by atoms with Gasteiger partial charge in [-0.25, -0.2) is 0 Å². The minimum absolute atomic E-state index is 0.504. The first kappa shape index (κ1) is 15.6. The van der Waals surface area contributed by atoms with E-state index in [4.69, 9.17) is 27.6 Å². The zero-order valence-corrected chi connectivity index (χ0v) is 14.6. The fourth-order valence-corrected chi connectivity index (χ4v) is 3.43. The summed E-state index contributed by atoms with van der Waals surface area (Å²) >= 11 is 13.4. The van der Waals surface area contributed by atoms with E-state index in [9.17, 15) is 0 Å². The van der Waals surface area contributed by atoms with Gasteiger partial charge in [-0.2, -0.15) is 0 Å². The molecule has 0 saturated heterocycles. The number of aromatic amines is 1. The molecular weight excluding hydrogens is 365 g/mol. The summed E-state index contributed by atoms with van der Waals surface area (Å²) in [4.78, 5) is 3.20. The Morgan fingerprint density at radius 3 is 2.79 bits per heavy atom. The van der Waals surface area contributed by atoms with Crippen LogP contribution in [-0.2, 0) is 5.75 Å². The average Bonchev–Trinajstić information content (AvgIpc) is 3.22. The monoisotopic (exact) mass is 375 g/mol. The van der Waals surface area contributed by atoms with E-state index in [2.05, 4.69) is 15.2 Å². The lowest BCUT2D eigenvalue weighted by molar-refractivity contribution is 0.466. The first-order valence-electron chi connectivity index (χ1n) is 7.17. The van der Waals surface area contributed by atoms with Crippen molar-refractivity contribution < 1.29 is 4.42 Å². The first-order chi connectivity index (χ1) is 11.7. The average molecular weight is 376 g/mol. The van der Waals surface area contributed by atoms with Crippen LogP contribution in [0.3, 0.4) is 0 Å². The van der Waals surface area contributed by atoms with E-state index >= 15 is 0 Å². The molecular formula is C17H11Cl2N3OS. The third-order valence-corrected chi connectivity index (χ3v) is 5.20. The summed E-state index contributed by atoms with van der Waals surface area (Å²) in [5, 5.41) is 10.9. The van der Waals surface area contributed by atoms with Crippen molar-refractivity contribution >= 4 is 45.9 Å². The standard InChI is InChI=1S/C17H11Cl2N3OS/c18-13-6-5-10(7-14(13)19)9-24-17-22-21-16(23-17)12-8-20-15-4-2-1-3-11(12)15/h1-8,20H,9H2. The van der Waals surface area contributed by atoms with Gasteiger partial charge in [0.1, 0.15) is 0 Å². The molecule has 2 heterocycles. The van der Waals surface area contributed by atoms with Gasteiger partial charge in [-0.1, -0.05) is 59.2 Å². The number of halogens is 2. The van der Waals surface area contributed by atoms with Crippen molar-refractivity contribution in [1.29, 1.82) is 0 Å². The maximum absolute atomic E-state index is 6.03. The Labute approximate surface area is 152 Å².